The average Bonchev–Trinajstić information content (AvgIpc) is 3.56. The second-order valence-corrected chi connectivity index (χ2v) is 18.7. The summed E-state index contributed by atoms with van der Waals surface area (Å²) < 4.78 is 36.4. The Balaban J connectivity index is 0.895. The first-order chi connectivity index (χ1) is 29.2. The van der Waals surface area contributed by atoms with E-state index in [2.05, 4.69) is 104 Å². The molecule has 2 N–H and O–H groups in total. The second-order valence-electron chi connectivity index (χ2n) is 17.3. The van der Waals surface area contributed by atoms with Gasteiger partial charge in [-0.1, -0.05) is 93.1 Å². The lowest BCUT2D eigenvalue weighted by molar-refractivity contribution is -0.401. The van der Waals surface area contributed by atoms with E-state index >= 15 is 0 Å². The number of rotatable bonds is 15. The number of carbonyl (C=O) groups excluding carboxylic acids is 2. The number of benzene rings is 4. The van der Waals surface area contributed by atoms with Gasteiger partial charge in [-0.15, -0.1) is 0 Å². The van der Waals surface area contributed by atoms with Crippen molar-refractivity contribution in [2.24, 2.45) is 0 Å². The molecule has 10 heteroatoms. The van der Waals surface area contributed by atoms with Crippen molar-refractivity contribution in [2.45, 2.75) is 101 Å². The molecule has 2 amide bonds. The van der Waals surface area contributed by atoms with Gasteiger partial charge in [0.05, 0.1) is 22.5 Å². The minimum Gasteiger partial charge on any atom is -0.356 e. The molecule has 316 valence electrons. The van der Waals surface area contributed by atoms with Crippen molar-refractivity contribution >= 4 is 44.7 Å². The highest BCUT2D eigenvalue weighted by Crippen LogP contribution is 2.49. The molecule has 0 radical (unpaired) electrons. The van der Waals surface area contributed by atoms with Crippen molar-refractivity contribution in [3.63, 3.8) is 0 Å². The summed E-state index contributed by atoms with van der Waals surface area (Å²) in [6, 6.07) is 29.1. The topological polar surface area (TPSA) is 110 Å². The molecule has 0 aromatic heterocycles. The van der Waals surface area contributed by atoms with Gasteiger partial charge in [0.2, 0.25) is 17.5 Å². The number of carbonyl (C=O) groups is 2. The Kier molecular flexibility index (Phi) is 12.8. The number of fused-ring (bicyclic) bond motifs is 4. The van der Waals surface area contributed by atoms with Crippen LogP contribution in [0.15, 0.2) is 120 Å². The average molecular weight is 838 g/mol. The van der Waals surface area contributed by atoms with Crippen molar-refractivity contribution in [3.05, 3.63) is 143 Å². The molecule has 0 fully saturated rings. The van der Waals surface area contributed by atoms with E-state index in [1.807, 2.05) is 53.4 Å². The van der Waals surface area contributed by atoms with Crippen LogP contribution in [-0.2, 0) is 37.1 Å². The zero-order valence-corrected chi connectivity index (χ0v) is 36.8. The maximum absolute atomic E-state index is 13.5. The maximum atomic E-state index is 13.5. The molecule has 9 nitrogen and oxygen atoms in total. The highest BCUT2D eigenvalue weighted by atomic mass is 32.2. The molecule has 0 bridgehead atoms. The molecule has 4 aromatic rings. The number of unbranched alkanes of at least 4 members (excludes halogenated alkanes) is 4. The molecule has 0 unspecified atom stereocenters. The van der Waals surface area contributed by atoms with Gasteiger partial charge in [-0.25, -0.2) is 0 Å². The molecule has 0 saturated carbocycles. The van der Waals surface area contributed by atoms with E-state index < -0.39 is 15.5 Å². The molecule has 7 rings (SSSR count). The Morgan fingerprint density at radius 3 is 2.26 bits per heavy atom. The summed E-state index contributed by atoms with van der Waals surface area (Å²) >= 11 is 0. The van der Waals surface area contributed by atoms with Gasteiger partial charge in [0.15, 0.2) is 5.71 Å². The summed E-state index contributed by atoms with van der Waals surface area (Å²) in [5.41, 5.74) is 9.43. The predicted molar refractivity (Wildman–Crippen MR) is 244 cm³/mol. The highest BCUT2D eigenvalue weighted by molar-refractivity contribution is 7.85. The number of hydrogen-bond donors (Lipinski definition) is 2. The minimum absolute atomic E-state index is 0.0312. The minimum atomic E-state index is -4.37. The number of allylic oxidation sites excluding steroid dienone is 4. The number of hydrogen-bond acceptors (Lipinski definition) is 5. The molecule has 3 aliphatic rings. The van der Waals surface area contributed by atoms with Crippen LogP contribution in [0.25, 0.3) is 0 Å². The van der Waals surface area contributed by atoms with Crippen LogP contribution in [0, 0.1) is 11.8 Å². The van der Waals surface area contributed by atoms with E-state index in [0.717, 1.165) is 77.9 Å². The quantitative estimate of drug-likeness (QED) is 0.0535. The van der Waals surface area contributed by atoms with Crippen LogP contribution in [0.3, 0.4) is 0 Å². The highest BCUT2D eigenvalue weighted by Gasteiger charge is 2.43. The smallest absolute Gasteiger partial charge is 0.294 e. The van der Waals surface area contributed by atoms with E-state index in [-0.39, 0.29) is 22.1 Å². The number of para-hydroxylation sites is 2. The molecule has 3 heterocycles. The monoisotopic (exact) mass is 837 g/mol. The van der Waals surface area contributed by atoms with Crippen molar-refractivity contribution in [1.82, 2.24) is 5.32 Å². The van der Waals surface area contributed by atoms with Crippen molar-refractivity contribution in [1.29, 1.82) is 0 Å². The summed E-state index contributed by atoms with van der Waals surface area (Å²) in [6.07, 6.45) is 12.0. The van der Waals surface area contributed by atoms with Gasteiger partial charge >= 0.3 is 0 Å². The lowest BCUT2D eigenvalue weighted by Crippen LogP contribution is -2.31. The lowest BCUT2D eigenvalue weighted by Gasteiger charge is -2.27. The van der Waals surface area contributed by atoms with Crippen LogP contribution in [-0.4, -0.2) is 55.2 Å². The van der Waals surface area contributed by atoms with E-state index in [1.54, 1.807) is 12.1 Å². The molecule has 61 heavy (non-hydrogen) atoms. The number of anilines is 2. The summed E-state index contributed by atoms with van der Waals surface area (Å²) in [6.45, 7) is 10.4. The van der Waals surface area contributed by atoms with Gasteiger partial charge in [0.25, 0.3) is 10.1 Å². The van der Waals surface area contributed by atoms with Crippen LogP contribution in [0.1, 0.15) is 107 Å². The standard InChI is InChI=1S/C51H56N4O5S/c1-50(2)41-22-13-15-24-44(41)53(5)46(50)25-18-26-47-51(3,4)42-35-40(61(58,59)60)31-32-45(42)54(47)34-17-7-8-27-48(56)52-33-16-6-9-28-49(57)55-36-39-21-11-10-19-37(39)29-30-38-20-12-14-23-43(38)55/h10-15,18-26,31-32,35H,6-9,16-17,27-28,33-34,36H2,1-5H3,(H-,52,56,58,59,60)/p+1. The molecule has 3 aliphatic heterocycles. The van der Waals surface area contributed by atoms with E-state index in [9.17, 15) is 22.6 Å². The molecule has 0 aliphatic carbocycles. The molecule has 4 aromatic carbocycles. The van der Waals surface area contributed by atoms with E-state index in [1.165, 1.54) is 23.0 Å². The summed E-state index contributed by atoms with van der Waals surface area (Å²) in [7, 11) is -2.28. The van der Waals surface area contributed by atoms with E-state index in [4.69, 9.17) is 0 Å². The first-order valence-corrected chi connectivity index (χ1v) is 22.9. The fourth-order valence-electron chi connectivity index (χ4n) is 9.06. The van der Waals surface area contributed by atoms with Crippen LogP contribution in [0.4, 0.5) is 17.1 Å². The second kappa shape index (κ2) is 18.1. The number of nitrogens with one attached hydrogen (secondary N) is 1. The third-order valence-corrected chi connectivity index (χ3v) is 13.3. The molecule has 0 saturated heterocycles. The van der Waals surface area contributed by atoms with Crippen LogP contribution < -0.4 is 15.1 Å². The lowest BCUT2D eigenvalue weighted by atomic mass is 9.81. The van der Waals surface area contributed by atoms with Crippen molar-refractivity contribution in [3.8, 4) is 11.8 Å². The first kappa shape index (κ1) is 43.3. The largest absolute Gasteiger partial charge is 0.356 e. The van der Waals surface area contributed by atoms with E-state index in [0.29, 0.717) is 32.5 Å². The van der Waals surface area contributed by atoms with Gasteiger partial charge in [-0.3, -0.25) is 14.1 Å². The Hall–Kier alpha value is -5.76. The molecular weight excluding hydrogens is 781 g/mol. The zero-order chi connectivity index (χ0) is 43.4. The zero-order valence-electron chi connectivity index (χ0n) is 36.0. The van der Waals surface area contributed by atoms with Crippen LogP contribution in [0.5, 0.6) is 0 Å². The SMILES string of the molecule is C[N+]1=C(/C=C/C=C2/N(CCCCCC(=O)NCCCCCC(=O)N3Cc4ccccc4C#Cc4ccccc43)c3ccc(S(=O)(=O)O)cc3C2(C)C)C(C)(C)c2ccccc21. The summed E-state index contributed by atoms with van der Waals surface area (Å²) in [5.74, 6) is 6.62. The fraction of sp³-hybridized carbons (Fsp3) is 0.353. The van der Waals surface area contributed by atoms with Gasteiger partial charge in [-0.2, -0.15) is 13.0 Å². The molecule has 0 atom stereocenters. The molecular formula is C51H57N4O5S+. The summed E-state index contributed by atoms with van der Waals surface area (Å²) in [5, 5.41) is 3.06. The molecule has 0 spiro atoms. The Bertz CT molecular complexity index is 2610. The Morgan fingerprint density at radius 1 is 0.787 bits per heavy atom. The van der Waals surface area contributed by atoms with Crippen LogP contribution in [0.2, 0.25) is 0 Å². The number of amides is 2. The Morgan fingerprint density at radius 2 is 1.48 bits per heavy atom. The third-order valence-electron chi connectivity index (χ3n) is 12.5. The van der Waals surface area contributed by atoms with Gasteiger partial charge in [0, 0.05) is 71.6 Å². The number of nitrogens with zero attached hydrogens (tertiary/aromatic N) is 3. The normalized spacial score (nSPS) is 16.7. The van der Waals surface area contributed by atoms with Gasteiger partial charge in [0.1, 0.15) is 7.05 Å². The maximum Gasteiger partial charge on any atom is 0.294 e. The van der Waals surface area contributed by atoms with Crippen molar-refractivity contribution < 1.29 is 27.1 Å². The van der Waals surface area contributed by atoms with Gasteiger partial charge < -0.3 is 15.1 Å². The summed E-state index contributed by atoms with van der Waals surface area (Å²) in [4.78, 5) is 30.3. The Labute approximate surface area is 361 Å². The first-order valence-electron chi connectivity index (χ1n) is 21.4. The third kappa shape index (κ3) is 9.29. The predicted octanol–water partition coefficient (Wildman–Crippen LogP) is 9.36. The van der Waals surface area contributed by atoms with Crippen molar-refractivity contribution in [2.75, 3.05) is 29.9 Å². The van der Waals surface area contributed by atoms with Gasteiger partial charge in [-0.05, 0) is 93.1 Å². The van der Waals surface area contributed by atoms with Crippen LogP contribution >= 0.6 is 0 Å². The fourth-order valence-corrected chi connectivity index (χ4v) is 9.56.